The predicted molar refractivity (Wildman–Crippen MR) is 98.2 cm³/mol. The summed E-state index contributed by atoms with van der Waals surface area (Å²) in [6.07, 6.45) is 5.31. The van der Waals surface area contributed by atoms with Crippen LogP contribution in [0.15, 0.2) is 28.7 Å². The fraction of sp³-hybridized carbons (Fsp3) is 0.444. The highest BCUT2D eigenvalue weighted by atomic mass is 32.1. The van der Waals surface area contributed by atoms with E-state index in [1.165, 1.54) is 30.6 Å². The first kappa shape index (κ1) is 17.0. The summed E-state index contributed by atoms with van der Waals surface area (Å²) in [6.45, 7) is 5.90. The SMILES string of the molecule is Cc1csc(NN=Cc2ccc(CN3CCCCC3C)c(F)c2)n1. The Morgan fingerprint density at radius 3 is 3.04 bits per heavy atom. The maximum Gasteiger partial charge on any atom is 0.203 e. The van der Waals surface area contributed by atoms with Crippen LogP contribution in [-0.2, 0) is 6.54 Å². The van der Waals surface area contributed by atoms with E-state index in [0.717, 1.165) is 28.5 Å². The Kier molecular flexibility index (Phi) is 5.58. The molecule has 3 rings (SSSR count). The van der Waals surface area contributed by atoms with Gasteiger partial charge in [0.05, 0.1) is 11.9 Å². The number of anilines is 1. The van der Waals surface area contributed by atoms with Crippen molar-refractivity contribution in [2.24, 2.45) is 5.10 Å². The zero-order chi connectivity index (χ0) is 16.9. The molecule has 4 nitrogen and oxygen atoms in total. The molecule has 1 fully saturated rings. The molecule has 0 radical (unpaired) electrons. The summed E-state index contributed by atoms with van der Waals surface area (Å²) in [5.41, 5.74) is 5.32. The van der Waals surface area contributed by atoms with Gasteiger partial charge in [-0.05, 0) is 44.9 Å². The van der Waals surface area contributed by atoms with E-state index in [1.807, 2.05) is 24.4 Å². The molecule has 1 aliphatic heterocycles. The van der Waals surface area contributed by atoms with Crippen molar-refractivity contribution in [3.8, 4) is 0 Å². The van der Waals surface area contributed by atoms with Gasteiger partial charge in [-0.1, -0.05) is 18.6 Å². The topological polar surface area (TPSA) is 40.5 Å². The summed E-state index contributed by atoms with van der Waals surface area (Å²) in [5.74, 6) is -0.165. The van der Waals surface area contributed by atoms with E-state index in [4.69, 9.17) is 0 Å². The molecule has 1 N–H and O–H groups in total. The van der Waals surface area contributed by atoms with Gasteiger partial charge in [0.15, 0.2) is 0 Å². The van der Waals surface area contributed by atoms with Crippen LogP contribution in [0.2, 0.25) is 0 Å². The van der Waals surface area contributed by atoms with Gasteiger partial charge in [-0.2, -0.15) is 5.10 Å². The van der Waals surface area contributed by atoms with Crippen LogP contribution in [0.4, 0.5) is 9.52 Å². The maximum absolute atomic E-state index is 14.4. The largest absolute Gasteiger partial charge is 0.296 e. The molecule has 0 amide bonds. The van der Waals surface area contributed by atoms with Crippen LogP contribution >= 0.6 is 11.3 Å². The number of nitrogens with zero attached hydrogens (tertiary/aromatic N) is 3. The molecule has 24 heavy (non-hydrogen) atoms. The van der Waals surface area contributed by atoms with Crippen LogP contribution in [0.5, 0.6) is 0 Å². The highest BCUT2D eigenvalue weighted by Crippen LogP contribution is 2.21. The lowest BCUT2D eigenvalue weighted by Crippen LogP contribution is -2.36. The molecule has 2 aromatic rings. The molecule has 1 atom stereocenters. The number of likely N-dealkylation sites (tertiary alicyclic amines) is 1. The van der Waals surface area contributed by atoms with Crippen LogP contribution in [0.1, 0.15) is 43.0 Å². The van der Waals surface area contributed by atoms with Gasteiger partial charge in [0.1, 0.15) is 5.82 Å². The molecule has 1 aromatic heterocycles. The molecule has 1 saturated heterocycles. The van der Waals surface area contributed by atoms with E-state index in [9.17, 15) is 4.39 Å². The third kappa shape index (κ3) is 4.39. The number of thiazole rings is 1. The minimum absolute atomic E-state index is 0.165. The molecule has 128 valence electrons. The van der Waals surface area contributed by atoms with Crippen molar-refractivity contribution in [2.45, 2.75) is 45.7 Å². The minimum Gasteiger partial charge on any atom is -0.296 e. The number of hydrogen-bond donors (Lipinski definition) is 1. The smallest absolute Gasteiger partial charge is 0.203 e. The van der Waals surface area contributed by atoms with Gasteiger partial charge in [-0.3, -0.25) is 10.3 Å². The lowest BCUT2D eigenvalue weighted by Gasteiger charge is -2.33. The van der Waals surface area contributed by atoms with Crippen molar-refractivity contribution >= 4 is 22.7 Å². The molecule has 0 aliphatic carbocycles. The molecule has 0 bridgehead atoms. The zero-order valence-corrected chi connectivity index (χ0v) is 14.9. The molecular weight excluding hydrogens is 323 g/mol. The number of nitrogens with one attached hydrogen (secondary N) is 1. The molecule has 1 unspecified atom stereocenters. The third-order valence-corrected chi connectivity index (χ3v) is 5.25. The normalized spacial score (nSPS) is 19.0. The highest BCUT2D eigenvalue weighted by Gasteiger charge is 2.19. The Morgan fingerprint density at radius 1 is 1.46 bits per heavy atom. The predicted octanol–water partition coefficient (Wildman–Crippen LogP) is 4.41. The van der Waals surface area contributed by atoms with E-state index in [-0.39, 0.29) is 5.82 Å². The molecular formula is C18H23FN4S. The van der Waals surface area contributed by atoms with E-state index >= 15 is 0 Å². The van der Waals surface area contributed by atoms with E-state index in [2.05, 4.69) is 27.3 Å². The van der Waals surface area contributed by atoms with Crippen LogP contribution in [0.25, 0.3) is 0 Å². The Hall–Kier alpha value is -1.79. The van der Waals surface area contributed by atoms with Crippen LogP contribution in [0.3, 0.4) is 0 Å². The summed E-state index contributed by atoms with van der Waals surface area (Å²) in [6, 6.07) is 5.85. The summed E-state index contributed by atoms with van der Waals surface area (Å²) < 4.78 is 14.4. The lowest BCUT2D eigenvalue weighted by atomic mass is 10.0. The minimum atomic E-state index is -0.165. The average Bonchev–Trinajstić information content (AvgIpc) is 2.97. The number of piperidine rings is 1. The van der Waals surface area contributed by atoms with Crippen molar-refractivity contribution in [1.29, 1.82) is 0 Å². The first-order chi connectivity index (χ1) is 11.6. The second-order valence-corrected chi connectivity index (χ2v) is 7.19. The van der Waals surface area contributed by atoms with Crippen LogP contribution in [0, 0.1) is 12.7 Å². The van der Waals surface area contributed by atoms with Crippen molar-refractivity contribution in [3.63, 3.8) is 0 Å². The number of aromatic nitrogens is 1. The molecule has 0 saturated carbocycles. The van der Waals surface area contributed by atoms with Crippen LogP contribution < -0.4 is 5.43 Å². The van der Waals surface area contributed by atoms with Crippen LogP contribution in [-0.4, -0.2) is 28.7 Å². The molecule has 2 heterocycles. The van der Waals surface area contributed by atoms with Crippen molar-refractivity contribution < 1.29 is 4.39 Å². The molecule has 0 spiro atoms. The monoisotopic (exact) mass is 346 g/mol. The number of halogens is 1. The van der Waals surface area contributed by atoms with E-state index < -0.39 is 0 Å². The van der Waals surface area contributed by atoms with E-state index in [1.54, 1.807) is 12.3 Å². The number of aryl methyl sites for hydroxylation is 1. The Labute approximate surface area is 146 Å². The number of rotatable bonds is 5. The summed E-state index contributed by atoms with van der Waals surface area (Å²) >= 11 is 1.49. The van der Waals surface area contributed by atoms with Gasteiger partial charge in [0.25, 0.3) is 0 Å². The van der Waals surface area contributed by atoms with Gasteiger partial charge in [-0.15, -0.1) is 11.3 Å². The number of hydrazone groups is 1. The van der Waals surface area contributed by atoms with Crippen molar-refractivity contribution in [1.82, 2.24) is 9.88 Å². The Balaban J connectivity index is 1.61. The third-order valence-electron chi connectivity index (χ3n) is 4.38. The first-order valence-corrected chi connectivity index (χ1v) is 9.23. The van der Waals surface area contributed by atoms with Gasteiger partial charge in [0, 0.05) is 23.5 Å². The van der Waals surface area contributed by atoms with Gasteiger partial charge in [-0.25, -0.2) is 9.37 Å². The zero-order valence-electron chi connectivity index (χ0n) is 14.1. The second-order valence-electron chi connectivity index (χ2n) is 6.33. The molecule has 6 heteroatoms. The number of benzene rings is 1. The molecule has 1 aliphatic rings. The first-order valence-electron chi connectivity index (χ1n) is 8.35. The standard InChI is InChI=1S/C18H23FN4S/c1-13-12-24-18(21-13)22-20-10-15-6-7-16(17(19)9-15)11-23-8-4-3-5-14(23)2/h6-7,9-10,12,14H,3-5,8,11H2,1-2H3,(H,21,22). The average molecular weight is 346 g/mol. The summed E-state index contributed by atoms with van der Waals surface area (Å²) in [5, 5.41) is 6.81. The fourth-order valence-corrected chi connectivity index (χ4v) is 3.59. The second kappa shape index (κ2) is 7.85. The quantitative estimate of drug-likeness (QED) is 0.644. The number of hydrogen-bond acceptors (Lipinski definition) is 5. The van der Waals surface area contributed by atoms with Crippen molar-refractivity contribution in [2.75, 3.05) is 12.0 Å². The summed E-state index contributed by atoms with van der Waals surface area (Å²) in [7, 11) is 0. The van der Waals surface area contributed by atoms with Gasteiger partial charge < -0.3 is 0 Å². The molecule has 1 aromatic carbocycles. The Morgan fingerprint density at radius 2 is 2.33 bits per heavy atom. The lowest BCUT2D eigenvalue weighted by molar-refractivity contribution is 0.151. The highest BCUT2D eigenvalue weighted by molar-refractivity contribution is 7.13. The fourth-order valence-electron chi connectivity index (χ4n) is 2.95. The van der Waals surface area contributed by atoms with Gasteiger partial charge in [0.2, 0.25) is 5.13 Å². The summed E-state index contributed by atoms with van der Waals surface area (Å²) in [4.78, 5) is 6.62. The van der Waals surface area contributed by atoms with Crippen molar-refractivity contribution in [3.05, 3.63) is 46.2 Å². The Bertz CT molecular complexity index is 713. The van der Waals surface area contributed by atoms with Gasteiger partial charge >= 0.3 is 0 Å². The van der Waals surface area contributed by atoms with E-state index in [0.29, 0.717) is 12.6 Å². The maximum atomic E-state index is 14.4.